The van der Waals surface area contributed by atoms with Crippen molar-refractivity contribution in [3.05, 3.63) is 97.5 Å². The van der Waals surface area contributed by atoms with Crippen molar-refractivity contribution in [2.75, 3.05) is 7.11 Å². The Morgan fingerprint density at radius 2 is 1.86 bits per heavy atom. The van der Waals surface area contributed by atoms with Gasteiger partial charge >= 0.3 is 5.97 Å². The molecule has 0 amide bonds. The fraction of sp³-hybridized carbons (Fsp3) is 0.136. The molecule has 3 aromatic rings. The Hall–Kier alpha value is -3.67. The predicted molar refractivity (Wildman–Crippen MR) is 106 cm³/mol. The van der Waals surface area contributed by atoms with Crippen LogP contribution in [0.1, 0.15) is 27.2 Å². The van der Waals surface area contributed by atoms with Crippen molar-refractivity contribution in [3.8, 4) is 0 Å². The van der Waals surface area contributed by atoms with E-state index in [2.05, 4.69) is 15.2 Å². The third kappa shape index (κ3) is 3.57. The Morgan fingerprint density at radius 3 is 2.61 bits per heavy atom. The smallest absolute Gasteiger partial charge is 0.337 e. The van der Waals surface area contributed by atoms with E-state index in [9.17, 15) is 9.59 Å². The maximum absolute atomic E-state index is 12.2. The highest BCUT2D eigenvalue weighted by Gasteiger charge is 2.11. The Balaban J connectivity index is 1.53. The van der Waals surface area contributed by atoms with Gasteiger partial charge in [0.1, 0.15) is 0 Å². The van der Waals surface area contributed by atoms with Crippen LogP contribution in [0.3, 0.4) is 0 Å². The standard InChI is InChI=1S/C22H19N3O3/c1-28-22(27)15-9-6-14(7-10-15)8-11-20-18(21(26)25-24-20)13-17-12-16-4-2-3-5-19(16)23-17/h2-7,9-10,12-13H,8,11H2,1H3,(H2,24,25,26). The SMILES string of the molecule is COC(=O)c1ccc(CCc2[nH][nH]c(=O)c2C=C2C=c3ccccc3=N2)cc1. The van der Waals surface area contributed by atoms with Gasteiger partial charge < -0.3 is 9.84 Å². The minimum Gasteiger partial charge on any atom is -0.465 e. The molecule has 140 valence electrons. The quantitative estimate of drug-likeness (QED) is 0.668. The van der Waals surface area contributed by atoms with Gasteiger partial charge in [-0.15, -0.1) is 0 Å². The maximum Gasteiger partial charge on any atom is 0.337 e. The highest BCUT2D eigenvalue weighted by Crippen LogP contribution is 2.13. The molecule has 6 nitrogen and oxygen atoms in total. The van der Waals surface area contributed by atoms with Gasteiger partial charge in [0.15, 0.2) is 0 Å². The van der Waals surface area contributed by atoms with E-state index in [0.717, 1.165) is 34.0 Å². The molecule has 0 fully saturated rings. The Bertz CT molecular complexity index is 1190. The lowest BCUT2D eigenvalue weighted by molar-refractivity contribution is 0.0600. The Labute approximate surface area is 160 Å². The van der Waals surface area contributed by atoms with Crippen LogP contribution >= 0.6 is 0 Å². The average Bonchev–Trinajstić information content (AvgIpc) is 3.29. The fourth-order valence-electron chi connectivity index (χ4n) is 3.21. The molecule has 2 N–H and O–H groups in total. The van der Waals surface area contributed by atoms with Gasteiger partial charge in [0.25, 0.3) is 5.56 Å². The molecular formula is C22H19N3O3. The number of nitrogens with one attached hydrogen (secondary N) is 2. The molecule has 0 bridgehead atoms. The molecule has 0 aliphatic carbocycles. The minimum absolute atomic E-state index is 0.164. The number of allylic oxidation sites excluding steroid dienone is 1. The summed E-state index contributed by atoms with van der Waals surface area (Å²) in [6.07, 6.45) is 5.16. The van der Waals surface area contributed by atoms with Gasteiger partial charge in [-0.2, -0.15) is 0 Å². The van der Waals surface area contributed by atoms with E-state index in [1.165, 1.54) is 7.11 Å². The second kappa shape index (κ2) is 7.52. The molecular weight excluding hydrogens is 354 g/mol. The number of aryl methyl sites for hydroxylation is 2. The lowest BCUT2D eigenvalue weighted by Gasteiger charge is -2.03. The van der Waals surface area contributed by atoms with Crippen molar-refractivity contribution in [1.29, 1.82) is 0 Å². The van der Waals surface area contributed by atoms with Gasteiger partial charge in [-0.25, -0.2) is 9.79 Å². The van der Waals surface area contributed by atoms with E-state index in [1.54, 1.807) is 12.1 Å². The number of benzene rings is 2. The first kappa shape index (κ1) is 17.7. The Morgan fingerprint density at radius 1 is 1.07 bits per heavy atom. The summed E-state index contributed by atoms with van der Waals surface area (Å²) in [5, 5.41) is 7.58. The van der Waals surface area contributed by atoms with Gasteiger partial charge in [-0.3, -0.25) is 9.89 Å². The predicted octanol–water partition coefficient (Wildman–Crippen LogP) is 1.73. The molecule has 1 aliphatic heterocycles. The zero-order chi connectivity index (χ0) is 19.5. The molecule has 0 radical (unpaired) electrons. The third-order valence-electron chi connectivity index (χ3n) is 4.72. The van der Waals surface area contributed by atoms with Crippen molar-refractivity contribution in [2.24, 2.45) is 4.99 Å². The summed E-state index contributed by atoms with van der Waals surface area (Å²) in [6, 6.07) is 15.1. The van der Waals surface area contributed by atoms with E-state index >= 15 is 0 Å². The van der Waals surface area contributed by atoms with Crippen LogP contribution in [0.25, 0.3) is 12.2 Å². The van der Waals surface area contributed by atoms with Crippen LogP contribution < -0.4 is 16.1 Å². The summed E-state index contributed by atoms with van der Waals surface area (Å²) in [4.78, 5) is 28.3. The van der Waals surface area contributed by atoms with Crippen molar-refractivity contribution in [3.63, 3.8) is 0 Å². The third-order valence-corrected chi connectivity index (χ3v) is 4.72. The van der Waals surface area contributed by atoms with Crippen molar-refractivity contribution < 1.29 is 9.53 Å². The number of H-pyrrole nitrogens is 2. The number of fused-ring (bicyclic) bond motifs is 1. The average molecular weight is 373 g/mol. The summed E-state index contributed by atoms with van der Waals surface area (Å²) in [5.41, 5.74) is 3.60. The van der Waals surface area contributed by atoms with Crippen molar-refractivity contribution in [2.45, 2.75) is 12.8 Å². The first-order chi connectivity index (χ1) is 13.6. The van der Waals surface area contributed by atoms with Crippen LogP contribution in [-0.4, -0.2) is 23.3 Å². The molecule has 2 aromatic carbocycles. The van der Waals surface area contributed by atoms with E-state index < -0.39 is 0 Å². The second-order valence-corrected chi connectivity index (χ2v) is 6.54. The number of para-hydroxylation sites is 1. The summed E-state index contributed by atoms with van der Waals surface area (Å²) in [5.74, 6) is -0.354. The van der Waals surface area contributed by atoms with Crippen LogP contribution in [-0.2, 0) is 17.6 Å². The number of aromatic amines is 2. The fourth-order valence-corrected chi connectivity index (χ4v) is 3.21. The summed E-state index contributed by atoms with van der Waals surface area (Å²) >= 11 is 0. The molecule has 2 heterocycles. The first-order valence-corrected chi connectivity index (χ1v) is 8.98. The van der Waals surface area contributed by atoms with Gasteiger partial charge in [0, 0.05) is 10.9 Å². The molecule has 0 saturated carbocycles. The molecule has 0 spiro atoms. The van der Waals surface area contributed by atoms with E-state index in [0.29, 0.717) is 17.5 Å². The topological polar surface area (TPSA) is 87.3 Å². The van der Waals surface area contributed by atoms with E-state index in [-0.39, 0.29) is 11.5 Å². The number of methoxy groups -OCH3 is 1. The molecule has 0 atom stereocenters. The summed E-state index contributed by atoms with van der Waals surface area (Å²) in [6.45, 7) is 0. The second-order valence-electron chi connectivity index (χ2n) is 6.54. The van der Waals surface area contributed by atoms with Crippen molar-refractivity contribution >= 4 is 18.1 Å². The lowest BCUT2D eigenvalue weighted by Crippen LogP contribution is -2.19. The van der Waals surface area contributed by atoms with Crippen molar-refractivity contribution in [1.82, 2.24) is 10.2 Å². The number of aromatic nitrogens is 2. The zero-order valence-corrected chi connectivity index (χ0v) is 15.4. The van der Waals surface area contributed by atoms with Crippen LogP contribution in [0.2, 0.25) is 0 Å². The normalized spacial score (nSPS) is 13.7. The molecule has 0 unspecified atom stereocenters. The number of nitrogens with zero attached hydrogens (tertiary/aromatic N) is 1. The summed E-state index contributed by atoms with van der Waals surface area (Å²) in [7, 11) is 1.36. The van der Waals surface area contributed by atoms with E-state index in [4.69, 9.17) is 4.74 Å². The van der Waals surface area contributed by atoms with Crippen LogP contribution in [0.5, 0.6) is 0 Å². The number of hydrogen-bond donors (Lipinski definition) is 2. The van der Waals surface area contributed by atoms with Gasteiger partial charge in [0.2, 0.25) is 0 Å². The largest absolute Gasteiger partial charge is 0.465 e. The van der Waals surface area contributed by atoms with Gasteiger partial charge in [-0.1, -0.05) is 30.3 Å². The van der Waals surface area contributed by atoms with E-state index in [1.807, 2.05) is 48.6 Å². The maximum atomic E-state index is 12.2. The molecule has 0 saturated heterocycles. The number of carbonyl (C=O) groups is 1. The number of ether oxygens (including phenoxy) is 1. The van der Waals surface area contributed by atoms with Gasteiger partial charge in [-0.05, 0) is 48.8 Å². The summed E-state index contributed by atoms with van der Waals surface area (Å²) < 4.78 is 4.71. The number of hydrogen-bond acceptors (Lipinski definition) is 4. The monoisotopic (exact) mass is 373 g/mol. The highest BCUT2D eigenvalue weighted by atomic mass is 16.5. The zero-order valence-electron chi connectivity index (χ0n) is 15.4. The molecule has 4 rings (SSSR count). The number of esters is 1. The van der Waals surface area contributed by atoms with Crippen LogP contribution in [0.4, 0.5) is 0 Å². The van der Waals surface area contributed by atoms with Crippen LogP contribution in [0.15, 0.2) is 64.0 Å². The van der Waals surface area contributed by atoms with Gasteiger partial charge in [0.05, 0.1) is 29.3 Å². The molecule has 6 heteroatoms. The molecule has 1 aromatic heterocycles. The minimum atomic E-state index is -0.354. The number of carbonyl (C=O) groups excluding carboxylic acids is 1. The molecule has 1 aliphatic rings. The number of rotatable bonds is 5. The lowest BCUT2D eigenvalue weighted by atomic mass is 10.0. The first-order valence-electron chi connectivity index (χ1n) is 8.98. The molecule has 28 heavy (non-hydrogen) atoms. The van der Waals surface area contributed by atoms with Crippen LogP contribution in [0, 0.1) is 0 Å². The Kier molecular flexibility index (Phi) is 4.76. The highest BCUT2D eigenvalue weighted by molar-refractivity contribution is 5.89.